The van der Waals surface area contributed by atoms with Crippen molar-refractivity contribution in [2.45, 2.75) is 19.4 Å². The topological polar surface area (TPSA) is 33.1 Å². The number of nitrogens with zero attached hydrogens (tertiary/aromatic N) is 1. The van der Waals surface area contributed by atoms with Crippen molar-refractivity contribution in [1.29, 1.82) is 0 Å². The van der Waals surface area contributed by atoms with Crippen LogP contribution in [0.2, 0.25) is 0 Å². The van der Waals surface area contributed by atoms with Gasteiger partial charge in [-0.2, -0.15) is 0 Å². The summed E-state index contributed by atoms with van der Waals surface area (Å²) in [7, 11) is 0. The number of aliphatic hydroxyl groups is 1. The van der Waals surface area contributed by atoms with Crippen molar-refractivity contribution in [3.8, 4) is 0 Å². The summed E-state index contributed by atoms with van der Waals surface area (Å²) in [6.45, 7) is 2.01. The molecule has 2 aromatic rings. The van der Waals surface area contributed by atoms with E-state index in [2.05, 4.69) is 4.98 Å². The maximum Gasteiger partial charge on any atom is 0.123 e. The average Bonchev–Trinajstić information content (AvgIpc) is 2.39. The molecule has 0 aliphatic carbocycles. The Hall–Kier alpha value is -1.74. The van der Waals surface area contributed by atoms with Crippen LogP contribution in [0.4, 0.5) is 4.39 Å². The Labute approximate surface area is 99.8 Å². The lowest BCUT2D eigenvalue weighted by atomic mass is 10.0. The number of hydrogen-bond acceptors (Lipinski definition) is 2. The second-order valence-corrected chi connectivity index (χ2v) is 3.86. The van der Waals surface area contributed by atoms with Gasteiger partial charge in [-0.1, -0.05) is 25.1 Å². The predicted molar refractivity (Wildman–Crippen MR) is 64.1 cm³/mol. The first kappa shape index (κ1) is 11.7. The average molecular weight is 231 g/mol. The van der Waals surface area contributed by atoms with Crippen molar-refractivity contribution in [3.05, 3.63) is 65.2 Å². The van der Waals surface area contributed by atoms with E-state index in [-0.39, 0.29) is 5.82 Å². The Bertz CT molecular complexity index is 496. The van der Waals surface area contributed by atoms with E-state index in [1.165, 1.54) is 12.1 Å². The SMILES string of the molecule is CCc1cccnc1C(O)c1ccc(F)cc1. The molecule has 0 spiro atoms. The molecule has 1 aromatic carbocycles. The first-order valence-corrected chi connectivity index (χ1v) is 5.59. The highest BCUT2D eigenvalue weighted by atomic mass is 19.1. The standard InChI is InChI=1S/C14H14FNO/c1-2-10-4-3-9-16-13(10)14(17)11-5-7-12(15)8-6-11/h3-9,14,17H,2H2,1H3. The number of aliphatic hydroxyl groups excluding tert-OH is 1. The number of halogens is 1. The maximum atomic E-state index is 12.8. The van der Waals surface area contributed by atoms with Gasteiger partial charge in [0.25, 0.3) is 0 Å². The lowest BCUT2D eigenvalue weighted by Crippen LogP contribution is -2.06. The van der Waals surface area contributed by atoms with Gasteiger partial charge in [0.05, 0.1) is 5.69 Å². The summed E-state index contributed by atoms with van der Waals surface area (Å²) in [5.74, 6) is -0.308. The largest absolute Gasteiger partial charge is 0.382 e. The summed E-state index contributed by atoms with van der Waals surface area (Å²) in [6.07, 6.45) is 1.66. The zero-order valence-corrected chi connectivity index (χ0v) is 9.60. The fourth-order valence-electron chi connectivity index (χ4n) is 1.80. The van der Waals surface area contributed by atoms with Gasteiger partial charge in [-0.15, -0.1) is 0 Å². The molecular formula is C14H14FNO. The smallest absolute Gasteiger partial charge is 0.123 e. The highest BCUT2D eigenvalue weighted by Crippen LogP contribution is 2.23. The number of aryl methyl sites for hydroxylation is 1. The van der Waals surface area contributed by atoms with Crippen molar-refractivity contribution >= 4 is 0 Å². The van der Waals surface area contributed by atoms with Gasteiger partial charge in [0, 0.05) is 6.20 Å². The normalized spacial score (nSPS) is 12.4. The van der Waals surface area contributed by atoms with Crippen LogP contribution in [-0.2, 0) is 6.42 Å². The Morgan fingerprint density at radius 3 is 2.59 bits per heavy atom. The maximum absolute atomic E-state index is 12.8. The van der Waals surface area contributed by atoms with Crippen LogP contribution in [0.15, 0.2) is 42.6 Å². The van der Waals surface area contributed by atoms with E-state index in [0.717, 1.165) is 12.0 Å². The van der Waals surface area contributed by atoms with Crippen molar-refractivity contribution in [2.75, 3.05) is 0 Å². The van der Waals surface area contributed by atoms with Gasteiger partial charge in [-0.25, -0.2) is 4.39 Å². The highest BCUT2D eigenvalue weighted by Gasteiger charge is 2.14. The molecule has 1 atom stereocenters. The van der Waals surface area contributed by atoms with Crippen molar-refractivity contribution in [3.63, 3.8) is 0 Å². The van der Waals surface area contributed by atoms with Crippen LogP contribution in [-0.4, -0.2) is 10.1 Å². The summed E-state index contributed by atoms with van der Waals surface area (Å²) in [4.78, 5) is 4.20. The summed E-state index contributed by atoms with van der Waals surface area (Å²) >= 11 is 0. The van der Waals surface area contributed by atoms with E-state index in [0.29, 0.717) is 11.3 Å². The quantitative estimate of drug-likeness (QED) is 0.881. The second-order valence-electron chi connectivity index (χ2n) is 3.86. The van der Waals surface area contributed by atoms with E-state index in [9.17, 15) is 9.50 Å². The van der Waals surface area contributed by atoms with Crippen LogP contribution in [0, 0.1) is 5.82 Å². The Morgan fingerprint density at radius 2 is 1.94 bits per heavy atom. The van der Waals surface area contributed by atoms with Crippen molar-refractivity contribution in [2.24, 2.45) is 0 Å². The molecule has 0 aliphatic heterocycles. The zero-order chi connectivity index (χ0) is 12.3. The fourth-order valence-corrected chi connectivity index (χ4v) is 1.80. The van der Waals surface area contributed by atoms with Crippen LogP contribution < -0.4 is 0 Å². The minimum atomic E-state index is -0.799. The summed E-state index contributed by atoms with van der Waals surface area (Å²) in [6, 6.07) is 9.62. The molecule has 1 N–H and O–H groups in total. The molecule has 1 unspecified atom stereocenters. The van der Waals surface area contributed by atoms with Crippen LogP contribution in [0.5, 0.6) is 0 Å². The van der Waals surface area contributed by atoms with Gasteiger partial charge < -0.3 is 5.11 Å². The molecule has 3 heteroatoms. The van der Waals surface area contributed by atoms with Gasteiger partial charge in [0.15, 0.2) is 0 Å². The summed E-state index contributed by atoms with van der Waals surface area (Å²) in [5, 5.41) is 10.2. The molecule has 0 saturated heterocycles. The molecule has 0 aliphatic rings. The third-order valence-electron chi connectivity index (χ3n) is 2.75. The van der Waals surface area contributed by atoms with Gasteiger partial charge >= 0.3 is 0 Å². The minimum Gasteiger partial charge on any atom is -0.382 e. The Kier molecular flexibility index (Phi) is 3.49. The highest BCUT2D eigenvalue weighted by molar-refractivity contribution is 5.31. The van der Waals surface area contributed by atoms with Crippen LogP contribution in [0.25, 0.3) is 0 Å². The molecule has 88 valence electrons. The lowest BCUT2D eigenvalue weighted by molar-refractivity contribution is 0.214. The van der Waals surface area contributed by atoms with E-state index in [1.807, 2.05) is 19.1 Å². The van der Waals surface area contributed by atoms with Gasteiger partial charge in [-0.3, -0.25) is 4.98 Å². The third-order valence-corrected chi connectivity index (χ3v) is 2.75. The van der Waals surface area contributed by atoms with Crippen molar-refractivity contribution < 1.29 is 9.50 Å². The van der Waals surface area contributed by atoms with E-state index < -0.39 is 6.10 Å². The molecule has 2 nitrogen and oxygen atoms in total. The number of pyridine rings is 1. The molecule has 1 aromatic heterocycles. The zero-order valence-electron chi connectivity index (χ0n) is 9.60. The van der Waals surface area contributed by atoms with Crippen LogP contribution in [0.1, 0.15) is 29.8 Å². The predicted octanol–water partition coefficient (Wildman–Crippen LogP) is 2.86. The Balaban J connectivity index is 2.36. The first-order valence-electron chi connectivity index (χ1n) is 5.59. The van der Waals surface area contributed by atoms with Gasteiger partial charge in [-0.05, 0) is 35.7 Å². The fraction of sp³-hybridized carbons (Fsp3) is 0.214. The number of hydrogen-bond donors (Lipinski definition) is 1. The van der Waals surface area contributed by atoms with Crippen LogP contribution >= 0.6 is 0 Å². The number of aromatic nitrogens is 1. The first-order chi connectivity index (χ1) is 8.22. The second kappa shape index (κ2) is 5.06. The molecule has 0 saturated carbocycles. The molecule has 0 amide bonds. The van der Waals surface area contributed by atoms with Crippen LogP contribution in [0.3, 0.4) is 0 Å². The van der Waals surface area contributed by atoms with E-state index in [1.54, 1.807) is 18.3 Å². The molecule has 17 heavy (non-hydrogen) atoms. The van der Waals surface area contributed by atoms with Crippen molar-refractivity contribution in [1.82, 2.24) is 4.98 Å². The molecular weight excluding hydrogens is 217 g/mol. The number of rotatable bonds is 3. The molecule has 0 fully saturated rings. The molecule has 0 radical (unpaired) electrons. The molecule has 0 bridgehead atoms. The van der Waals surface area contributed by atoms with E-state index >= 15 is 0 Å². The van der Waals surface area contributed by atoms with Gasteiger partial charge in [0.1, 0.15) is 11.9 Å². The Morgan fingerprint density at radius 1 is 1.24 bits per heavy atom. The summed E-state index contributed by atoms with van der Waals surface area (Å²) < 4.78 is 12.8. The minimum absolute atomic E-state index is 0.308. The third kappa shape index (κ3) is 2.50. The lowest BCUT2D eigenvalue weighted by Gasteiger charge is -2.13. The molecule has 1 heterocycles. The number of benzene rings is 1. The van der Waals surface area contributed by atoms with Gasteiger partial charge in [0.2, 0.25) is 0 Å². The summed E-state index contributed by atoms with van der Waals surface area (Å²) in [5.41, 5.74) is 2.30. The molecule has 2 rings (SSSR count). The van der Waals surface area contributed by atoms with E-state index in [4.69, 9.17) is 0 Å². The monoisotopic (exact) mass is 231 g/mol.